The maximum atomic E-state index is 12.6. The van der Waals surface area contributed by atoms with Crippen LogP contribution in [0.1, 0.15) is 44.9 Å². The highest BCUT2D eigenvalue weighted by molar-refractivity contribution is 5.80. The number of hydrogen-bond acceptors (Lipinski definition) is 2. The molecule has 0 heterocycles. The molecule has 0 unspecified atom stereocenters. The number of alkyl halides is 3. The number of hydrogen-bond donors (Lipinski definition) is 3. The van der Waals surface area contributed by atoms with Crippen LogP contribution < -0.4 is 10.6 Å². The van der Waals surface area contributed by atoms with Gasteiger partial charge in [0.1, 0.15) is 0 Å². The number of nitrogens with zero attached hydrogens (tertiary/aromatic N) is 1. The number of guanidine groups is 1. The molecular formula is C14H24F3N3O. The highest BCUT2D eigenvalue weighted by Crippen LogP contribution is 2.37. The Bertz CT molecular complexity index is 372. The number of nitrogens with one attached hydrogen (secondary N) is 2. The van der Waals surface area contributed by atoms with E-state index in [9.17, 15) is 18.3 Å². The van der Waals surface area contributed by atoms with Gasteiger partial charge in [-0.1, -0.05) is 0 Å². The molecule has 0 aromatic heterocycles. The lowest BCUT2D eigenvalue weighted by atomic mass is 9.80. The fraction of sp³-hybridized carbons (Fsp3) is 0.929. The van der Waals surface area contributed by atoms with Gasteiger partial charge in [0.2, 0.25) is 0 Å². The first-order chi connectivity index (χ1) is 9.82. The standard InChI is InChI=1S/C14H24F3N3O/c1-18-12(19-9-13(21)7-2-8-13)20-11-5-3-10(4-6-11)14(15,16)17/h10-11,21H,2-9H2,1H3,(H2,18,19,20). The molecule has 4 nitrogen and oxygen atoms in total. The summed E-state index contributed by atoms with van der Waals surface area (Å²) >= 11 is 0. The molecule has 0 radical (unpaired) electrons. The first-order valence-corrected chi connectivity index (χ1v) is 7.59. The van der Waals surface area contributed by atoms with Gasteiger partial charge in [0.25, 0.3) is 0 Å². The zero-order valence-corrected chi connectivity index (χ0v) is 12.3. The molecule has 0 aromatic carbocycles. The summed E-state index contributed by atoms with van der Waals surface area (Å²) in [7, 11) is 1.63. The van der Waals surface area contributed by atoms with E-state index < -0.39 is 17.7 Å². The fourth-order valence-corrected chi connectivity index (χ4v) is 2.96. The monoisotopic (exact) mass is 307 g/mol. The fourth-order valence-electron chi connectivity index (χ4n) is 2.96. The third kappa shape index (κ3) is 4.49. The van der Waals surface area contributed by atoms with E-state index >= 15 is 0 Å². The van der Waals surface area contributed by atoms with Crippen molar-refractivity contribution in [1.29, 1.82) is 0 Å². The summed E-state index contributed by atoms with van der Waals surface area (Å²) in [5.74, 6) is -0.605. The molecule has 2 fully saturated rings. The van der Waals surface area contributed by atoms with Gasteiger partial charge in [0.15, 0.2) is 5.96 Å². The second-order valence-electron chi connectivity index (χ2n) is 6.24. The van der Waals surface area contributed by atoms with E-state index in [-0.39, 0.29) is 18.9 Å². The molecule has 0 spiro atoms. The Hall–Kier alpha value is -0.980. The summed E-state index contributed by atoms with van der Waals surface area (Å²) in [5, 5.41) is 16.2. The zero-order valence-electron chi connectivity index (χ0n) is 12.3. The molecule has 7 heteroatoms. The van der Waals surface area contributed by atoms with E-state index in [0.717, 1.165) is 19.3 Å². The van der Waals surface area contributed by atoms with Crippen LogP contribution in [0.3, 0.4) is 0 Å². The zero-order chi connectivity index (χ0) is 15.5. The second kappa shape index (κ2) is 6.42. The Labute approximate surface area is 123 Å². The van der Waals surface area contributed by atoms with Crippen molar-refractivity contribution in [2.45, 2.75) is 62.8 Å². The van der Waals surface area contributed by atoms with Crippen molar-refractivity contribution < 1.29 is 18.3 Å². The third-order valence-electron chi connectivity index (χ3n) is 4.62. The molecule has 0 aromatic rings. The van der Waals surface area contributed by atoms with Gasteiger partial charge < -0.3 is 15.7 Å². The van der Waals surface area contributed by atoms with Gasteiger partial charge in [-0.2, -0.15) is 13.2 Å². The molecule has 2 rings (SSSR count). The number of rotatable bonds is 3. The predicted molar refractivity (Wildman–Crippen MR) is 75.1 cm³/mol. The van der Waals surface area contributed by atoms with Crippen molar-refractivity contribution in [2.75, 3.05) is 13.6 Å². The van der Waals surface area contributed by atoms with Crippen LogP contribution in [0.25, 0.3) is 0 Å². The van der Waals surface area contributed by atoms with E-state index in [1.165, 1.54) is 0 Å². The summed E-state index contributed by atoms with van der Waals surface area (Å²) < 4.78 is 37.8. The first kappa shape index (κ1) is 16.4. The summed E-state index contributed by atoms with van der Waals surface area (Å²) in [4.78, 5) is 4.07. The SMILES string of the molecule is CN=C(NCC1(O)CCC1)NC1CCC(C(F)(F)F)CC1. The van der Waals surface area contributed by atoms with E-state index in [1.807, 2.05) is 0 Å². The molecule has 122 valence electrons. The molecule has 2 aliphatic rings. The van der Waals surface area contributed by atoms with Crippen LogP contribution in [-0.4, -0.2) is 42.5 Å². The smallest absolute Gasteiger partial charge is 0.388 e. The van der Waals surface area contributed by atoms with Gasteiger partial charge in [0.05, 0.1) is 11.5 Å². The molecule has 0 amide bonds. The second-order valence-corrected chi connectivity index (χ2v) is 6.24. The molecule has 0 saturated heterocycles. The molecule has 2 saturated carbocycles. The molecule has 3 N–H and O–H groups in total. The van der Waals surface area contributed by atoms with Crippen LogP contribution in [-0.2, 0) is 0 Å². The lowest BCUT2D eigenvalue weighted by Gasteiger charge is -2.37. The highest BCUT2D eigenvalue weighted by Gasteiger charge is 2.41. The van der Waals surface area contributed by atoms with Crippen molar-refractivity contribution in [2.24, 2.45) is 10.9 Å². The van der Waals surface area contributed by atoms with Crippen molar-refractivity contribution in [3.05, 3.63) is 0 Å². The summed E-state index contributed by atoms with van der Waals surface area (Å²) in [6, 6.07) is 0.0193. The maximum absolute atomic E-state index is 12.6. The summed E-state index contributed by atoms with van der Waals surface area (Å²) in [5.41, 5.74) is -0.647. The van der Waals surface area contributed by atoms with E-state index in [4.69, 9.17) is 0 Å². The first-order valence-electron chi connectivity index (χ1n) is 7.59. The number of aliphatic hydroxyl groups is 1. The van der Waals surface area contributed by atoms with Crippen molar-refractivity contribution in [3.8, 4) is 0 Å². The Morgan fingerprint density at radius 3 is 2.29 bits per heavy atom. The van der Waals surface area contributed by atoms with Gasteiger partial charge in [-0.3, -0.25) is 4.99 Å². The quantitative estimate of drug-likeness (QED) is 0.553. The van der Waals surface area contributed by atoms with E-state index in [2.05, 4.69) is 15.6 Å². The Balaban J connectivity index is 1.73. The van der Waals surface area contributed by atoms with Crippen molar-refractivity contribution in [1.82, 2.24) is 10.6 Å². The predicted octanol–water partition coefficient (Wildman–Crippen LogP) is 2.19. The Kier molecular flexibility index (Phi) is 5.01. The van der Waals surface area contributed by atoms with Gasteiger partial charge in [-0.15, -0.1) is 0 Å². The van der Waals surface area contributed by atoms with Crippen LogP contribution >= 0.6 is 0 Å². The van der Waals surface area contributed by atoms with Crippen LogP contribution in [0, 0.1) is 5.92 Å². The number of aliphatic imine (C=N–C) groups is 1. The van der Waals surface area contributed by atoms with Crippen LogP contribution in [0.5, 0.6) is 0 Å². The summed E-state index contributed by atoms with van der Waals surface area (Å²) in [6.07, 6.45) is -0.139. The van der Waals surface area contributed by atoms with Gasteiger partial charge >= 0.3 is 6.18 Å². The van der Waals surface area contributed by atoms with Gasteiger partial charge in [-0.05, 0) is 44.9 Å². The Morgan fingerprint density at radius 1 is 1.24 bits per heavy atom. The van der Waals surface area contributed by atoms with Gasteiger partial charge in [0, 0.05) is 19.6 Å². The van der Waals surface area contributed by atoms with Crippen molar-refractivity contribution in [3.63, 3.8) is 0 Å². The third-order valence-corrected chi connectivity index (χ3v) is 4.62. The molecule has 21 heavy (non-hydrogen) atoms. The largest absolute Gasteiger partial charge is 0.391 e. The van der Waals surface area contributed by atoms with Crippen molar-refractivity contribution >= 4 is 5.96 Å². The Morgan fingerprint density at radius 2 is 1.86 bits per heavy atom. The topological polar surface area (TPSA) is 56.7 Å². The molecular weight excluding hydrogens is 283 g/mol. The van der Waals surface area contributed by atoms with Crippen LogP contribution in [0.15, 0.2) is 4.99 Å². The lowest BCUT2D eigenvalue weighted by molar-refractivity contribution is -0.182. The molecule has 0 aliphatic heterocycles. The van der Waals surface area contributed by atoms with Gasteiger partial charge in [-0.25, -0.2) is 0 Å². The minimum atomic E-state index is -4.07. The molecule has 0 atom stereocenters. The highest BCUT2D eigenvalue weighted by atomic mass is 19.4. The average molecular weight is 307 g/mol. The molecule has 2 aliphatic carbocycles. The minimum Gasteiger partial charge on any atom is -0.388 e. The number of halogens is 3. The average Bonchev–Trinajstić information content (AvgIpc) is 2.41. The normalized spacial score (nSPS) is 29.7. The maximum Gasteiger partial charge on any atom is 0.391 e. The van der Waals surface area contributed by atoms with E-state index in [0.29, 0.717) is 25.3 Å². The van der Waals surface area contributed by atoms with E-state index in [1.54, 1.807) is 7.05 Å². The summed E-state index contributed by atoms with van der Waals surface area (Å²) in [6.45, 7) is 0.435. The lowest BCUT2D eigenvalue weighted by Crippen LogP contribution is -2.52. The van der Waals surface area contributed by atoms with Crippen LogP contribution in [0.4, 0.5) is 13.2 Å². The minimum absolute atomic E-state index is 0.0193. The molecule has 0 bridgehead atoms. The van der Waals surface area contributed by atoms with Crippen LogP contribution in [0.2, 0.25) is 0 Å².